The summed E-state index contributed by atoms with van der Waals surface area (Å²) < 4.78 is 23.9. The summed E-state index contributed by atoms with van der Waals surface area (Å²) in [6.45, 7) is 8.62. The number of piperidine rings is 1. The van der Waals surface area contributed by atoms with Gasteiger partial charge in [-0.2, -0.15) is 0 Å². The third-order valence-corrected chi connectivity index (χ3v) is 15.6. The number of aliphatic hydroxyl groups is 2. The number of hydrogen-bond donors (Lipinski definition) is 3. The van der Waals surface area contributed by atoms with Gasteiger partial charge in [-0.1, -0.05) is 44.2 Å². The predicted molar refractivity (Wildman–Crippen MR) is 220 cm³/mol. The van der Waals surface area contributed by atoms with Gasteiger partial charge in [0.05, 0.1) is 33.0 Å². The van der Waals surface area contributed by atoms with Crippen molar-refractivity contribution in [3.8, 4) is 5.75 Å². The van der Waals surface area contributed by atoms with Crippen LogP contribution in [0.5, 0.6) is 5.75 Å². The molecule has 1 spiro atoms. The molecule has 13 heteroatoms. The van der Waals surface area contributed by atoms with Gasteiger partial charge in [-0.3, -0.25) is 19.4 Å². The lowest BCUT2D eigenvalue weighted by atomic mass is 9.47. The molecule has 3 aromatic rings. The maximum atomic E-state index is 15.3. The molecule has 5 aliphatic heterocycles. The molecule has 316 valence electrons. The normalized spacial score (nSPS) is 37.0. The summed E-state index contributed by atoms with van der Waals surface area (Å²) in [5.74, 6) is -1.56. The van der Waals surface area contributed by atoms with Crippen LogP contribution in [0.4, 0.5) is 5.69 Å². The Morgan fingerprint density at radius 2 is 1.71 bits per heavy atom. The van der Waals surface area contributed by atoms with E-state index in [0.717, 1.165) is 33.4 Å². The highest BCUT2D eigenvalue weighted by molar-refractivity contribution is 5.95. The second kappa shape index (κ2) is 13.8. The summed E-state index contributed by atoms with van der Waals surface area (Å²) in [5.41, 5.74) is -1.62. The van der Waals surface area contributed by atoms with Crippen LogP contribution in [0.1, 0.15) is 75.3 Å². The Bertz CT molecular complexity index is 2260. The molecule has 2 aromatic carbocycles. The van der Waals surface area contributed by atoms with Crippen molar-refractivity contribution >= 4 is 34.5 Å². The van der Waals surface area contributed by atoms with Gasteiger partial charge in [0.15, 0.2) is 6.10 Å². The molecule has 0 amide bonds. The zero-order valence-electron chi connectivity index (χ0n) is 35.3. The summed E-state index contributed by atoms with van der Waals surface area (Å²) in [6, 6.07) is 11.0. The van der Waals surface area contributed by atoms with Gasteiger partial charge in [0, 0.05) is 90.9 Å². The molecule has 1 saturated carbocycles. The molecule has 1 aliphatic carbocycles. The average Bonchev–Trinajstić information content (AvgIpc) is 3.90. The standard InChI is InChI=1S/C46H58N4O9/c1-8-42(54)23-28-24-45(40(52)57-6,36-30(15-19-49(25-28)26-42)29-13-10-11-14-33(29)47-36)32-21-31-34(22-35(32)56-5)48(4)38-44(31)17-20-50-18-12-16-43(9-2,37(44)50)39(59-27(3)51)46(38,55)41(53)58-7/h10-14,16,21-22,28,37-39,47,54-55H,8-9,15,17-20,23-26H2,1-7H3/t28-,37-,38+,39-,42+,43+,44+,45-,46-/m0/s1. The number of carbonyl (C=O) groups excluding carboxylic acids is 3. The summed E-state index contributed by atoms with van der Waals surface area (Å²) in [6.07, 6.45) is 5.94. The number of likely N-dealkylation sites (N-methyl/N-ethyl adjacent to an activating group) is 1. The number of methoxy groups -OCH3 is 3. The highest BCUT2D eigenvalue weighted by Crippen LogP contribution is 2.68. The molecular weight excluding hydrogens is 753 g/mol. The van der Waals surface area contributed by atoms with E-state index in [1.54, 1.807) is 7.11 Å². The molecule has 13 nitrogen and oxygen atoms in total. The summed E-state index contributed by atoms with van der Waals surface area (Å²) in [4.78, 5) is 53.2. The SMILES string of the molecule is CC[C@@]1(O)C[C@@H]2CN(CCc3c([nH]c4ccccc34)[C@@](C(=O)OC)(c3cc4c(cc3OC)N(C)[C@H]3[C@@](O)(C(=O)OC)[C@@H](OC(C)=O)[C@]5(CC)C=CCN6CC[C@]43[C@@H]65)C2)C1. The minimum absolute atomic E-state index is 0.0986. The Morgan fingerprint density at radius 1 is 0.949 bits per heavy atom. The lowest BCUT2D eigenvalue weighted by molar-refractivity contribution is -0.228. The number of H-pyrrole nitrogens is 1. The fourth-order valence-corrected chi connectivity index (χ4v) is 13.5. The highest BCUT2D eigenvalue weighted by Gasteiger charge is 2.80. The molecule has 3 fully saturated rings. The second-order valence-electron chi connectivity index (χ2n) is 18.2. The minimum Gasteiger partial charge on any atom is -0.496 e. The topological polar surface area (TPSA) is 154 Å². The maximum Gasteiger partial charge on any atom is 0.344 e. The second-order valence-corrected chi connectivity index (χ2v) is 18.2. The first-order chi connectivity index (χ1) is 28.2. The van der Waals surface area contributed by atoms with Crippen molar-refractivity contribution in [2.45, 2.75) is 99.5 Å². The number of anilines is 1. The first-order valence-electron chi connectivity index (χ1n) is 21.2. The number of esters is 3. The largest absolute Gasteiger partial charge is 0.496 e. The van der Waals surface area contributed by atoms with E-state index in [1.165, 1.54) is 21.1 Å². The van der Waals surface area contributed by atoms with Crippen molar-refractivity contribution in [2.75, 3.05) is 66.0 Å². The molecule has 1 unspecified atom stereocenters. The van der Waals surface area contributed by atoms with E-state index in [-0.39, 0.29) is 12.0 Å². The number of hydrogen-bond acceptors (Lipinski definition) is 12. The lowest BCUT2D eigenvalue weighted by Crippen LogP contribution is -2.81. The molecule has 3 N–H and O–H groups in total. The van der Waals surface area contributed by atoms with E-state index in [1.807, 2.05) is 50.1 Å². The average molecular weight is 811 g/mol. The van der Waals surface area contributed by atoms with E-state index in [4.69, 9.17) is 18.9 Å². The van der Waals surface area contributed by atoms with E-state index in [2.05, 4.69) is 39.1 Å². The van der Waals surface area contributed by atoms with Gasteiger partial charge >= 0.3 is 17.9 Å². The van der Waals surface area contributed by atoms with Gasteiger partial charge in [-0.25, -0.2) is 4.79 Å². The Labute approximate surface area is 345 Å². The summed E-state index contributed by atoms with van der Waals surface area (Å²) in [5, 5.41) is 26.3. The van der Waals surface area contributed by atoms with Crippen molar-refractivity contribution < 1.29 is 43.5 Å². The first kappa shape index (κ1) is 40.0. The fourth-order valence-electron chi connectivity index (χ4n) is 13.5. The smallest absolute Gasteiger partial charge is 0.344 e. The molecule has 10 atom stereocenters. The van der Waals surface area contributed by atoms with E-state index in [9.17, 15) is 19.8 Å². The fraction of sp³-hybridized carbons (Fsp3) is 0.587. The molecule has 1 aromatic heterocycles. The molecule has 2 bridgehead atoms. The van der Waals surface area contributed by atoms with Crippen LogP contribution >= 0.6 is 0 Å². The van der Waals surface area contributed by atoms with Gasteiger partial charge in [0.2, 0.25) is 5.60 Å². The Kier molecular flexibility index (Phi) is 9.36. The number of fused-ring (bicyclic) bond motifs is 6. The zero-order chi connectivity index (χ0) is 41.9. The third kappa shape index (κ3) is 5.20. The van der Waals surface area contributed by atoms with Crippen LogP contribution in [0, 0.1) is 11.3 Å². The van der Waals surface area contributed by atoms with Crippen LogP contribution in [0.15, 0.2) is 48.6 Å². The number of rotatable bonds is 7. The van der Waals surface area contributed by atoms with Crippen LogP contribution in [0.2, 0.25) is 0 Å². The monoisotopic (exact) mass is 810 g/mol. The number of benzene rings is 2. The number of para-hydroxylation sites is 1. The Morgan fingerprint density at radius 3 is 2.41 bits per heavy atom. The third-order valence-electron chi connectivity index (χ3n) is 15.6. The van der Waals surface area contributed by atoms with Crippen LogP contribution in [-0.4, -0.2) is 133 Å². The quantitative estimate of drug-likeness (QED) is 0.180. The highest BCUT2D eigenvalue weighted by atomic mass is 16.6. The lowest BCUT2D eigenvalue weighted by Gasteiger charge is -2.63. The van der Waals surface area contributed by atoms with Gasteiger partial charge < -0.3 is 39.0 Å². The van der Waals surface area contributed by atoms with Gasteiger partial charge in [-0.05, 0) is 74.2 Å². The Balaban J connectivity index is 1.36. The van der Waals surface area contributed by atoms with Crippen LogP contribution in [0.3, 0.4) is 0 Å². The summed E-state index contributed by atoms with van der Waals surface area (Å²) >= 11 is 0. The molecule has 6 aliphatic rings. The van der Waals surface area contributed by atoms with E-state index < -0.39 is 57.5 Å². The number of carbonyl (C=O) groups is 3. The molecule has 6 heterocycles. The van der Waals surface area contributed by atoms with Gasteiger partial charge in [-0.15, -0.1) is 0 Å². The number of aromatic amines is 1. The summed E-state index contributed by atoms with van der Waals surface area (Å²) in [7, 11) is 6.15. The van der Waals surface area contributed by atoms with E-state index in [0.29, 0.717) is 82.6 Å². The molecule has 2 saturated heterocycles. The number of nitrogens with one attached hydrogen (secondary N) is 1. The van der Waals surface area contributed by atoms with Crippen LogP contribution < -0.4 is 9.64 Å². The molecule has 59 heavy (non-hydrogen) atoms. The van der Waals surface area contributed by atoms with E-state index >= 15 is 4.79 Å². The zero-order valence-corrected chi connectivity index (χ0v) is 35.3. The number of aromatic nitrogens is 1. The van der Waals surface area contributed by atoms with Crippen molar-refractivity contribution in [3.05, 3.63) is 70.9 Å². The number of nitrogens with zero attached hydrogens (tertiary/aromatic N) is 3. The minimum atomic E-state index is -2.30. The molecule has 0 radical (unpaired) electrons. The maximum absolute atomic E-state index is 15.3. The van der Waals surface area contributed by atoms with Crippen LogP contribution in [-0.2, 0) is 45.8 Å². The van der Waals surface area contributed by atoms with Crippen molar-refractivity contribution in [2.24, 2.45) is 11.3 Å². The Hall–Kier alpha value is -4.43. The first-order valence-corrected chi connectivity index (χ1v) is 21.2. The van der Waals surface area contributed by atoms with Crippen molar-refractivity contribution in [1.82, 2.24) is 14.8 Å². The van der Waals surface area contributed by atoms with Gasteiger partial charge in [0.1, 0.15) is 11.2 Å². The van der Waals surface area contributed by atoms with Crippen LogP contribution in [0.25, 0.3) is 10.9 Å². The van der Waals surface area contributed by atoms with Crippen molar-refractivity contribution in [3.63, 3.8) is 0 Å². The van der Waals surface area contributed by atoms with Crippen molar-refractivity contribution in [1.29, 1.82) is 0 Å². The molecular formula is C46H58N4O9. The number of ether oxygens (including phenoxy) is 4. The molecule has 9 rings (SSSR count). The van der Waals surface area contributed by atoms with Gasteiger partial charge in [0.25, 0.3) is 0 Å². The predicted octanol–water partition coefficient (Wildman–Crippen LogP) is 3.99.